The highest BCUT2D eigenvalue weighted by Crippen LogP contribution is 2.41. The molecule has 0 saturated carbocycles. The fraction of sp³-hybridized carbons (Fsp3) is 0.0625. The summed E-state index contributed by atoms with van der Waals surface area (Å²) < 4.78 is 27.3. The van der Waals surface area contributed by atoms with Gasteiger partial charge in [0.15, 0.2) is 11.6 Å². The monoisotopic (exact) mass is 336 g/mol. The second-order valence-electron chi connectivity index (χ2n) is 4.65. The van der Waals surface area contributed by atoms with Gasteiger partial charge in [0.2, 0.25) is 0 Å². The minimum Gasteiger partial charge on any atom is -0.204 e. The van der Waals surface area contributed by atoms with Crippen LogP contribution in [-0.4, -0.2) is 0 Å². The Balaban J connectivity index is 2.19. The zero-order valence-corrected chi connectivity index (χ0v) is 13.5. The Kier molecular flexibility index (Phi) is 3.97. The highest BCUT2D eigenvalue weighted by atomic mass is 32.9. The molecule has 0 spiro atoms. The molecule has 0 unspecified atom stereocenters. The van der Waals surface area contributed by atoms with Gasteiger partial charge in [-0.3, -0.25) is 0 Å². The smallest absolute Gasteiger partial charge is 0.159 e. The topological polar surface area (TPSA) is 0 Å². The molecular formula is C16H10F2S3. The number of hydrogen-bond donors (Lipinski definition) is 0. The molecule has 0 amide bonds. The Labute approximate surface area is 133 Å². The van der Waals surface area contributed by atoms with Crippen molar-refractivity contribution in [2.24, 2.45) is 0 Å². The summed E-state index contributed by atoms with van der Waals surface area (Å²) in [6, 6.07) is 12.0. The zero-order chi connectivity index (χ0) is 15.0. The highest BCUT2D eigenvalue weighted by molar-refractivity contribution is 7.80. The van der Waals surface area contributed by atoms with Gasteiger partial charge in [0.05, 0.1) is 4.88 Å². The molecular weight excluding hydrogens is 326 g/mol. The fourth-order valence-electron chi connectivity index (χ4n) is 2.05. The lowest BCUT2D eigenvalue weighted by Crippen LogP contribution is -1.86. The maximum atomic E-state index is 13.5. The van der Waals surface area contributed by atoms with Crippen molar-refractivity contribution in [1.29, 1.82) is 0 Å². The molecule has 0 fully saturated rings. The lowest BCUT2D eigenvalue weighted by molar-refractivity contribution is 0.509. The van der Waals surface area contributed by atoms with Crippen LogP contribution >= 0.6 is 32.9 Å². The minimum atomic E-state index is -0.854. The third kappa shape index (κ3) is 2.81. The van der Waals surface area contributed by atoms with E-state index in [1.807, 2.05) is 31.2 Å². The summed E-state index contributed by atoms with van der Waals surface area (Å²) in [5, 5.41) is 0. The highest BCUT2D eigenvalue weighted by Gasteiger charge is 2.14. The molecule has 5 heteroatoms. The lowest BCUT2D eigenvalue weighted by atomic mass is 10.0. The van der Waals surface area contributed by atoms with Crippen LogP contribution in [0.25, 0.3) is 21.6 Å². The molecule has 0 aliphatic rings. The standard InChI is InChI=1S/C16H10F2S3/c1-9-2-4-10(5-3-9)15-14(16(19)21-20-15)11-6-7-12(17)13(18)8-11/h2-8H,1H3. The summed E-state index contributed by atoms with van der Waals surface area (Å²) in [5.41, 5.74) is 3.64. The Bertz CT molecular complexity index is 845. The number of halogens is 2. The summed E-state index contributed by atoms with van der Waals surface area (Å²) in [6.45, 7) is 2.02. The molecule has 3 rings (SSSR count). The first-order valence-corrected chi connectivity index (χ1v) is 8.77. The molecule has 0 radical (unpaired) electrons. The molecule has 106 valence electrons. The van der Waals surface area contributed by atoms with Crippen molar-refractivity contribution in [3.63, 3.8) is 0 Å². The Morgan fingerprint density at radius 1 is 0.857 bits per heavy atom. The zero-order valence-electron chi connectivity index (χ0n) is 11.0. The van der Waals surface area contributed by atoms with E-state index >= 15 is 0 Å². The van der Waals surface area contributed by atoms with Crippen molar-refractivity contribution >= 4 is 32.9 Å². The molecule has 0 bridgehead atoms. The summed E-state index contributed by atoms with van der Waals surface area (Å²) in [7, 11) is 3.04. The average molecular weight is 336 g/mol. The third-order valence-electron chi connectivity index (χ3n) is 3.15. The van der Waals surface area contributed by atoms with Crippen LogP contribution < -0.4 is 0 Å². The van der Waals surface area contributed by atoms with E-state index in [1.165, 1.54) is 22.0 Å². The van der Waals surface area contributed by atoms with Crippen LogP contribution in [0.1, 0.15) is 5.56 Å². The van der Waals surface area contributed by atoms with Gasteiger partial charge in [-0.1, -0.05) is 68.8 Å². The van der Waals surface area contributed by atoms with E-state index in [0.29, 0.717) is 9.39 Å². The first kappa shape index (κ1) is 14.5. The van der Waals surface area contributed by atoms with Gasteiger partial charge < -0.3 is 0 Å². The Morgan fingerprint density at radius 2 is 1.52 bits per heavy atom. The van der Waals surface area contributed by atoms with E-state index in [0.717, 1.165) is 22.1 Å². The fourth-order valence-corrected chi connectivity index (χ4v) is 4.97. The molecule has 0 aliphatic carbocycles. The van der Waals surface area contributed by atoms with E-state index in [2.05, 4.69) is 0 Å². The van der Waals surface area contributed by atoms with Crippen molar-refractivity contribution in [2.75, 3.05) is 0 Å². The molecule has 3 aromatic rings. The Hall–Kier alpha value is -1.43. The largest absolute Gasteiger partial charge is 0.204 e. The quantitative estimate of drug-likeness (QED) is 0.382. The summed E-state index contributed by atoms with van der Waals surface area (Å²) >= 11 is 5.37. The molecule has 1 heterocycles. The van der Waals surface area contributed by atoms with Gasteiger partial charge in [-0.25, -0.2) is 8.78 Å². The van der Waals surface area contributed by atoms with E-state index in [1.54, 1.807) is 16.4 Å². The lowest BCUT2D eigenvalue weighted by Gasteiger charge is -2.05. The maximum absolute atomic E-state index is 13.5. The molecule has 21 heavy (non-hydrogen) atoms. The van der Waals surface area contributed by atoms with E-state index < -0.39 is 11.6 Å². The summed E-state index contributed by atoms with van der Waals surface area (Å²) in [5.74, 6) is -1.70. The van der Waals surface area contributed by atoms with Crippen LogP contribution in [-0.2, 0) is 0 Å². The molecule has 0 saturated heterocycles. The van der Waals surface area contributed by atoms with Crippen LogP contribution in [0.5, 0.6) is 0 Å². The maximum Gasteiger partial charge on any atom is 0.159 e. The SMILES string of the molecule is Cc1ccc(-c2ssc(=S)c2-c2ccc(F)c(F)c2)cc1. The first-order valence-electron chi connectivity index (χ1n) is 6.22. The van der Waals surface area contributed by atoms with Gasteiger partial charge in [0, 0.05) is 5.56 Å². The summed E-state index contributed by atoms with van der Waals surface area (Å²) in [6.07, 6.45) is 0. The normalized spacial score (nSPS) is 10.8. The first-order chi connectivity index (χ1) is 10.1. The van der Waals surface area contributed by atoms with E-state index in [-0.39, 0.29) is 0 Å². The average Bonchev–Trinajstić information content (AvgIpc) is 2.85. The van der Waals surface area contributed by atoms with Gasteiger partial charge in [-0.15, -0.1) is 0 Å². The van der Waals surface area contributed by atoms with Crippen LogP contribution in [0.3, 0.4) is 0 Å². The number of aryl methyl sites for hydroxylation is 1. The molecule has 1 aromatic heterocycles. The molecule has 0 aliphatic heterocycles. The predicted molar refractivity (Wildman–Crippen MR) is 88.6 cm³/mol. The van der Waals surface area contributed by atoms with E-state index in [4.69, 9.17) is 12.2 Å². The molecule has 0 atom stereocenters. The molecule has 2 aromatic carbocycles. The van der Waals surface area contributed by atoms with Crippen molar-refractivity contribution in [3.05, 3.63) is 63.5 Å². The van der Waals surface area contributed by atoms with Crippen LogP contribution in [0, 0.1) is 22.4 Å². The number of rotatable bonds is 2. The van der Waals surface area contributed by atoms with Crippen LogP contribution in [0.2, 0.25) is 0 Å². The Morgan fingerprint density at radius 3 is 2.19 bits per heavy atom. The van der Waals surface area contributed by atoms with Crippen molar-refractivity contribution in [1.82, 2.24) is 0 Å². The second-order valence-corrected chi connectivity index (χ2v) is 7.47. The van der Waals surface area contributed by atoms with Gasteiger partial charge in [-0.2, -0.15) is 0 Å². The predicted octanol–water partition coefficient (Wildman–Crippen LogP) is 6.46. The van der Waals surface area contributed by atoms with Gasteiger partial charge in [0.25, 0.3) is 0 Å². The minimum absolute atomic E-state index is 0.618. The third-order valence-corrected chi connectivity index (χ3v) is 6.22. The van der Waals surface area contributed by atoms with Crippen molar-refractivity contribution in [2.45, 2.75) is 6.92 Å². The van der Waals surface area contributed by atoms with Gasteiger partial charge >= 0.3 is 0 Å². The molecule has 0 nitrogen and oxygen atoms in total. The van der Waals surface area contributed by atoms with Crippen LogP contribution in [0.15, 0.2) is 42.5 Å². The van der Waals surface area contributed by atoms with Crippen molar-refractivity contribution in [3.8, 4) is 21.6 Å². The van der Waals surface area contributed by atoms with Crippen molar-refractivity contribution < 1.29 is 8.78 Å². The second kappa shape index (κ2) is 5.75. The molecule has 0 N–H and O–H groups in total. The van der Waals surface area contributed by atoms with Gasteiger partial charge in [0.1, 0.15) is 3.82 Å². The van der Waals surface area contributed by atoms with Crippen LogP contribution in [0.4, 0.5) is 8.78 Å². The summed E-state index contributed by atoms with van der Waals surface area (Å²) in [4.78, 5) is 0.996. The number of benzene rings is 2. The van der Waals surface area contributed by atoms with Gasteiger partial charge in [-0.05, 0) is 30.2 Å². The van der Waals surface area contributed by atoms with E-state index in [9.17, 15) is 8.78 Å². The number of hydrogen-bond acceptors (Lipinski definition) is 3.